The summed E-state index contributed by atoms with van der Waals surface area (Å²) in [6.07, 6.45) is 2.92. The zero-order valence-corrected chi connectivity index (χ0v) is 15.3. The molecule has 1 aromatic heterocycles. The monoisotopic (exact) mass is 356 g/mol. The standard InChI is InChI=1S/C20H24N2O2S/c1-15-10-12-22(13-11-15)17-6-4-16(5-7-17)21-20(24)9-8-18(23)19-3-2-14-25-19/h2-7,14-15H,8-13H2,1H3,(H,21,24). The van der Waals surface area contributed by atoms with Gasteiger partial charge in [0.2, 0.25) is 5.91 Å². The summed E-state index contributed by atoms with van der Waals surface area (Å²) < 4.78 is 0. The largest absolute Gasteiger partial charge is 0.372 e. The van der Waals surface area contributed by atoms with E-state index in [1.54, 1.807) is 6.07 Å². The summed E-state index contributed by atoms with van der Waals surface area (Å²) in [4.78, 5) is 27.1. The van der Waals surface area contributed by atoms with Crippen LogP contribution in [0, 0.1) is 5.92 Å². The van der Waals surface area contributed by atoms with Crippen LogP contribution in [0.2, 0.25) is 0 Å². The number of benzene rings is 1. The fourth-order valence-corrected chi connectivity index (χ4v) is 3.73. The molecule has 2 aromatic rings. The average molecular weight is 356 g/mol. The molecule has 5 heteroatoms. The first-order valence-electron chi connectivity index (χ1n) is 8.83. The van der Waals surface area contributed by atoms with E-state index in [2.05, 4.69) is 29.3 Å². The van der Waals surface area contributed by atoms with Gasteiger partial charge >= 0.3 is 0 Å². The van der Waals surface area contributed by atoms with Gasteiger partial charge in [0, 0.05) is 37.3 Å². The van der Waals surface area contributed by atoms with E-state index < -0.39 is 0 Å². The molecule has 4 nitrogen and oxygen atoms in total. The van der Waals surface area contributed by atoms with Crippen molar-refractivity contribution in [1.82, 2.24) is 0 Å². The number of nitrogens with one attached hydrogen (secondary N) is 1. The van der Waals surface area contributed by atoms with E-state index in [0.29, 0.717) is 4.88 Å². The quantitative estimate of drug-likeness (QED) is 0.770. The Morgan fingerprint density at radius 2 is 1.84 bits per heavy atom. The van der Waals surface area contributed by atoms with E-state index in [-0.39, 0.29) is 24.5 Å². The second-order valence-corrected chi connectivity index (χ2v) is 7.61. The van der Waals surface area contributed by atoms with E-state index >= 15 is 0 Å². The number of hydrogen-bond donors (Lipinski definition) is 1. The van der Waals surface area contributed by atoms with Crippen molar-refractivity contribution in [2.24, 2.45) is 5.92 Å². The number of thiophene rings is 1. The second-order valence-electron chi connectivity index (χ2n) is 6.67. The Labute approximate surface area is 152 Å². The van der Waals surface area contributed by atoms with Crippen molar-refractivity contribution in [2.45, 2.75) is 32.6 Å². The van der Waals surface area contributed by atoms with Gasteiger partial charge in [0.1, 0.15) is 0 Å². The summed E-state index contributed by atoms with van der Waals surface area (Å²) in [6.45, 7) is 4.49. The first kappa shape index (κ1) is 17.7. The van der Waals surface area contributed by atoms with E-state index in [0.717, 1.165) is 24.7 Å². The molecular formula is C20H24N2O2S. The minimum absolute atomic E-state index is 0.0276. The summed E-state index contributed by atoms with van der Waals surface area (Å²) in [6, 6.07) is 11.6. The summed E-state index contributed by atoms with van der Waals surface area (Å²) in [5.41, 5.74) is 1.99. The van der Waals surface area contributed by atoms with E-state index in [1.165, 1.54) is 29.9 Å². The van der Waals surface area contributed by atoms with Crippen LogP contribution >= 0.6 is 11.3 Å². The van der Waals surface area contributed by atoms with Crippen molar-refractivity contribution in [3.05, 3.63) is 46.7 Å². The highest BCUT2D eigenvalue weighted by Gasteiger charge is 2.16. The van der Waals surface area contributed by atoms with Gasteiger partial charge in [-0.05, 0) is 54.5 Å². The van der Waals surface area contributed by atoms with Gasteiger partial charge in [-0.15, -0.1) is 11.3 Å². The third-order valence-electron chi connectivity index (χ3n) is 4.67. The first-order valence-corrected chi connectivity index (χ1v) is 9.71. The Morgan fingerprint density at radius 1 is 1.12 bits per heavy atom. The number of Topliss-reactive ketones (excluding diaryl/α,β-unsaturated/α-hetero) is 1. The maximum atomic E-state index is 12.0. The zero-order valence-electron chi connectivity index (χ0n) is 14.5. The molecule has 1 fully saturated rings. The lowest BCUT2D eigenvalue weighted by atomic mass is 9.99. The van der Waals surface area contributed by atoms with Gasteiger partial charge in [-0.25, -0.2) is 0 Å². The van der Waals surface area contributed by atoms with Crippen LogP contribution in [0.1, 0.15) is 42.3 Å². The molecule has 1 saturated heterocycles. The first-order chi connectivity index (χ1) is 12.1. The van der Waals surface area contributed by atoms with Gasteiger partial charge in [-0.3, -0.25) is 9.59 Å². The Kier molecular flexibility index (Phi) is 5.87. The summed E-state index contributed by atoms with van der Waals surface area (Å²) >= 11 is 1.42. The molecule has 0 atom stereocenters. The van der Waals surface area contributed by atoms with Crippen molar-refractivity contribution in [3.63, 3.8) is 0 Å². The predicted octanol–water partition coefficient (Wildman–Crippen LogP) is 4.59. The van der Waals surface area contributed by atoms with Crippen molar-refractivity contribution in [1.29, 1.82) is 0 Å². The zero-order chi connectivity index (χ0) is 17.6. The van der Waals surface area contributed by atoms with Crippen LogP contribution in [-0.4, -0.2) is 24.8 Å². The lowest BCUT2D eigenvalue weighted by Crippen LogP contribution is -2.32. The number of ketones is 1. The summed E-state index contributed by atoms with van der Waals surface area (Å²) in [7, 11) is 0. The van der Waals surface area contributed by atoms with E-state index in [4.69, 9.17) is 0 Å². The molecular weight excluding hydrogens is 332 g/mol. The van der Waals surface area contributed by atoms with Crippen LogP contribution in [0.5, 0.6) is 0 Å². The summed E-state index contributed by atoms with van der Waals surface area (Å²) in [5, 5.41) is 4.75. The number of carbonyl (C=O) groups is 2. The molecule has 132 valence electrons. The van der Waals surface area contributed by atoms with Crippen LogP contribution in [0.25, 0.3) is 0 Å². The van der Waals surface area contributed by atoms with Gasteiger partial charge in [-0.1, -0.05) is 13.0 Å². The lowest BCUT2D eigenvalue weighted by molar-refractivity contribution is -0.116. The molecule has 3 rings (SSSR count). The number of hydrogen-bond acceptors (Lipinski definition) is 4. The molecule has 1 aliphatic heterocycles. The van der Waals surface area contributed by atoms with E-state index in [9.17, 15) is 9.59 Å². The van der Waals surface area contributed by atoms with Crippen LogP contribution in [0.4, 0.5) is 11.4 Å². The third kappa shape index (κ3) is 4.92. The topological polar surface area (TPSA) is 49.4 Å². The molecule has 0 unspecified atom stereocenters. The minimum Gasteiger partial charge on any atom is -0.372 e. The fourth-order valence-electron chi connectivity index (χ4n) is 3.03. The highest BCUT2D eigenvalue weighted by atomic mass is 32.1. The van der Waals surface area contributed by atoms with Gasteiger partial charge < -0.3 is 10.2 Å². The van der Waals surface area contributed by atoms with Crippen LogP contribution < -0.4 is 10.2 Å². The van der Waals surface area contributed by atoms with Crippen molar-refractivity contribution in [3.8, 4) is 0 Å². The Balaban J connectivity index is 1.47. The number of carbonyl (C=O) groups excluding carboxylic acids is 2. The minimum atomic E-state index is -0.121. The maximum Gasteiger partial charge on any atom is 0.224 e. The molecule has 2 heterocycles. The smallest absolute Gasteiger partial charge is 0.224 e. The molecule has 0 saturated carbocycles. The van der Waals surface area contributed by atoms with Crippen molar-refractivity contribution < 1.29 is 9.59 Å². The van der Waals surface area contributed by atoms with Gasteiger partial charge in [-0.2, -0.15) is 0 Å². The molecule has 0 spiro atoms. The number of rotatable bonds is 6. The normalized spacial score (nSPS) is 15.2. The number of anilines is 2. The number of nitrogens with zero attached hydrogens (tertiary/aromatic N) is 1. The Bertz CT molecular complexity index is 702. The maximum absolute atomic E-state index is 12.0. The highest BCUT2D eigenvalue weighted by molar-refractivity contribution is 7.12. The highest BCUT2D eigenvalue weighted by Crippen LogP contribution is 2.24. The molecule has 1 N–H and O–H groups in total. The Morgan fingerprint density at radius 3 is 2.48 bits per heavy atom. The molecule has 0 bridgehead atoms. The van der Waals surface area contributed by atoms with Crippen LogP contribution in [0.3, 0.4) is 0 Å². The molecule has 0 aliphatic carbocycles. The average Bonchev–Trinajstić information content (AvgIpc) is 3.16. The molecule has 25 heavy (non-hydrogen) atoms. The Hall–Kier alpha value is -2.14. The van der Waals surface area contributed by atoms with Crippen LogP contribution in [0.15, 0.2) is 41.8 Å². The second kappa shape index (κ2) is 8.30. The van der Waals surface area contributed by atoms with Gasteiger partial charge in [0.25, 0.3) is 0 Å². The third-order valence-corrected chi connectivity index (χ3v) is 5.59. The predicted molar refractivity (Wildman–Crippen MR) is 104 cm³/mol. The molecule has 1 amide bonds. The van der Waals surface area contributed by atoms with Crippen molar-refractivity contribution >= 4 is 34.4 Å². The van der Waals surface area contributed by atoms with Gasteiger partial charge in [0.15, 0.2) is 5.78 Å². The summed E-state index contributed by atoms with van der Waals surface area (Å²) in [5.74, 6) is 0.718. The van der Waals surface area contributed by atoms with E-state index in [1.807, 2.05) is 23.6 Å². The number of amides is 1. The molecule has 1 aromatic carbocycles. The van der Waals surface area contributed by atoms with Crippen molar-refractivity contribution in [2.75, 3.05) is 23.3 Å². The SMILES string of the molecule is CC1CCN(c2ccc(NC(=O)CCC(=O)c3cccs3)cc2)CC1. The molecule has 0 radical (unpaired) electrons. The lowest BCUT2D eigenvalue weighted by Gasteiger charge is -2.32. The van der Waals surface area contributed by atoms with Crippen LogP contribution in [-0.2, 0) is 4.79 Å². The number of piperidine rings is 1. The fraction of sp³-hybridized carbons (Fsp3) is 0.400. The van der Waals surface area contributed by atoms with Gasteiger partial charge in [0.05, 0.1) is 4.88 Å². The molecule has 1 aliphatic rings.